The van der Waals surface area contributed by atoms with Crippen LogP contribution in [0.5, 0.6) is 0 Å². The van der Waals surface area contributed by atoms with Gasteiger partial charge < -0.3 is 10.0 Å². The van der Waals surface area contributed by atoms with Gasteiger partial charge in [0.2, 0.25) is 5.91 Å². The highest BCUT2D eigenvalue weighted by Crippen LogP contribution is 2.13. The van der Waals surface area contributed by atoms with Gasteiger partial charge in [-0.05, 0) is 31.2 Å². The first-order valence-electron chi connectivity index (χ1n) is 6.93. The lowest BCUT2D eigenvalue weighted by Gasteiger charge is -2.24. The molecule has 5 heteroatoms. The summed E-state index contributed by atoms with van der Waals surface area (Å²) in [4.78, 5) is 15.3. The van der Waals surface area contributed by atoms with Gasteiger partial charge in [-0.1, -0.05) is 23.7 Å². The lowest BCUT2D eigenvalue weighted by atomic mass is 10.2. The average Bonchev–Trinajstić information content (AvgIpc) is 2.74. The molecule has 0 aromatic heterocycles. The molecule has 0 radical (unpaired) electrons. The van der Waals surface area contributed by atoms with Gasteiger partial charge in [0.15, 0.2) is 0 Å². The summed E-state index contributed by atoms with van der Waals surface area (Å²) < 4.78 is 0. The molecule has 2 rings (SSSR count). The van der Waals surface area contributed by atoms with Crippen molar-refractivity contribution in [2.45, 2.75) is 25.5 Å². The summed E-state index contributed by atoms with van der Waals surface area (Å²) in [5.74, 6) is 0.154. The van der Waals surface area contributed by atoms with E-state index in [1.54, 1.807) is 4.90 Å². The largest absolute Gasteiger partial charge is 0.390 e. The number of benzene rings is 1. The van der Waals surface area contributed by atoms with Crippen molar-refractivity contribution < 1.29 is 9.90 Å². The van der Waals surface area contributed by atoms with Crippen molar-refractivity contribution in [3.63, 3.8) is 0 Å². The molecular weight excluding hydrogens is 276 g/mol. The molecule has 1 aromatic rings. The van der Waals surface area contributed by atoms with E-state index in [9.17, 15) is 9.90 Å². The molecular formula is C15H21ClN2O2. The maximum atomic E-state index is 11.5. The number of halogens is 1. The zero-order chi connectivity index (χ0) is 14.5. The van der Waals surface area contributed by atoms with Gasteiger partial charge in [0, 0.05) is 37.6 Å². The molecule has 4 nitrogen and oxygen atoms in total. The Balaban J connectivity index is 1.78. The van der Waals surface area contributed by atoms with Crippen LogP contribution in [-0.2, 0) is 11.3 Å². The van der Waals surface area contributed by atoms with Gasteiger partial charge in [0.1, 0.15) is 0 Å². The minimum atomic E-state index is -0.513. The molecule has 1 atom stereocenters. The van der Waals surface area contributed by atoms with E-state index >= 15 is 0 Å². The summed E-state index contributed by atoms with van der Waals surface area (Å²) in [7, 11) is 1.95. The molecule has 1 aliphatic rings. The molecule has 1 amide bonds. The van der Waals surface area contributed by atoms with Crippen LogP contribution in [0.4, 0.5) is 0 Å². The maximum absolute atomic E-state index is 11.5. The van der Waals surface area contributed by atoms with E-state index in [0.717, 1.165) is 30.1 Å². The summed E-state index contributed by atoms with van der Waals surface area (Å²) in [6.07, 6.45) is 1.01. The van der Waals surface area contributed by atoms with E-state index in [0.29, 0.717) is 19.5 Å². The lowest BCUT2D eigenvalue weighted by Crippen LogP contribution is -2.39. The molecule has 1 heterocycles. The van der Waals surface area contributed by atoms with Crippen molar-refractivity contribution in [1.82, 2.24) is 9.80 Å². The number of rotatable bonds is 6. The highest BCUT2D eigenvalue weighted by atomic mass is 35.5. The molecule has 110 valence electrons. The van der Waals surface area contributed by atoms with Crippen molar-refractivity contribution in [2.24, 2.45) is 0 Å². The highest BCUT2D eigenvalue weighted by Gasteiger charge is 2.22. The van der Waals surface area contributed by atoms with E-state index in [4.69, 9.17) is 11.6 Å². The molecule has 1 fully saturated rings. The Morgan fingerprint density at radius 3 is 2.95 bits per heavy atom. The van der Waals surface area contributed by atoms with Gasteiger partial charge in [-0.25, -0.2) is 0 Å². The molecule has 1 aliphatic heterocycles. The van der Waals surface area contributed by atoms with Gasteiger partial charge in [-0.3, -0.25) is 9.69 Å². The van der Waals surface area contributed by atoms with Crippen LogP contribution in [-0.4, -0.2) is 53.6 Å². The highest BCUT2D eigenvalue weighted by molar-refractivity contribution is 6.30. The number of likely N-dealkylation sites (tertiary alicyclic amines) is 1. The molecule has 1 aromatic carbocycles. The van der Waals surface area contributed by atoms with Crippen molar-refractivity contribution in [2.75, 3.05) is 26.7 Å². The Morgan fingerprint density at radius 1 is 1.50 bits per heavy atom. The number of amides is 1. The van der Waals surface area contributed by atoms with Gasteiger partial charge in [-0.15, -0.1) is 0 Å². The smallest absolute Gasteiger partial charge is 0.222 e. The molecule has 20 heavy (non-hydrogen) atoms. The summed E-state index contributed by atoms with van der Waals surface area (Å²) in [5, 5.41) is 10.8. The predicted octanol–water partition coefficient (Wildman–Crippen LogP) is 1.76. The van der Waals surface area contributed by atoms with Gasteiger partial charge >= 0.3 is 0 Å². The van der Waals surface area contributed by atoms with Crippen LogP contribution in [0.15, 0.2) is 24.3 Å². The summed E-state index contributed by atoms with van der Waals surface area (Å²) in [6, 6.07) is 7.71. The quantitative estimate of drug-likeness (QED) is 0.870. The topological polar surface area (TPSA) is 43.8 Å². The molecule has 1 saturated heterocycles. The average molecular weight is 297 g/mol. The van der Waals surface area contributed by atoms with E-state index in [-0.39, 0.29) is 5.91 Å². The van der Waals surface area contributed by atoms with E-state index in [2.05, 4.69) is 0 Å². The second-order valence-electron chi connectivity index (χ2n) is 5.42. The number of β-amino-alcohol motifs (C(OH)–C–C–N with tert-alkyl or cyclic N) is 1. The number of aliphatic hydroxyl groups is 1. The molecule has 0 bridgehead atoms. The first-order valence-corrected chi connectivity index (χ1v) is 7.31. The fourth-order valence-corrected chi connectivity index (χ4v) is 2.79. The lowest BCUT2D eigenvalue weighted by molar-refractivity contribution is -0.129. The SMILES string of the molecule is CN(Cc1cccc(Cl)c1)CC(O)CN1CCCC1=O. The van der Waals surface area contributed by atoms with Crippen LogP contribution in [0.1, 0.15) is 18.4 Å². The molecule has 1 unspecified atom stereocenters. The second-order valence-corrected chi connectivity index (χ2v) is 5.86. The standard InChI is InChI=1S/C15H21ClN2O2/c1-17(9-12-4-2-5-13(16)8-12)10-14(19)11-18-7-3-6-15(18)20/h2,4-5,8,14,19H,3,6-7,9-11H2,1H3. The van der Waals surface area contributed by atoms with Crippen LogP contribution in [0.2, 0.25) is 5.02 Å². The van der Waals surface area contributed by atoms with E-state index in [1.165, 1.54) is 0 Å². The summed E-state index contributed by atoms with van der Waals surface area (Å²) in [6.45, 7) is 2.47. The number of likely N-dealkylation sites (N-methyl/N-ethyl adjacent to an activating group) is 1. The van der Waals surface area contributed by atoms with Gasteiger partial charge in [-0.2, -0.15) is 0 Å². The van der Waals surface area contributed by atoms with Crippen LogP contribution in [0.3, 0.4) is 0 Å². The van der Waals surface area contributed by atoms with Crippen molar-refractivity contribution in [3.8, 4) is 0 Å². The van der Waals surface area contributed by atoms with E-state index < -0.39 is 6.10 Å². The predicted molar refractivity (Wildman–Crippen MR) is 79.6 cm³/mol. The molecule has 0 aliphatic carbocycles. The van der Waals surface area contributed by atoms with Crippen LogP contribution < -0.4 is 0 Å². The summed E-state index contributed by atoms with van der Waals surface area (Å²) >= 11 is 5.95. The van der Waals surface area contributed by atoms with Crippen molar-refractivity contribution in [3.05, 3.63) is 34.9 Å². The zero-order valence-corrected chi connectivity index (χ0v) is 12.5. The third kappa shape index (κ3) is 4.47. The fraction of sp³-hybridized carbons (Fsp3) is 0.533. The Morgan fingerprint density at radius 2 is 2.30 bits per heavy atom. The zero-order valence-electron chi connectivity index (χ0n) is 11.8. The number of carbonyl (C=O) groups is 1. The number of carbonyl (C=O) groups excluding carboxylic acids is 1. The third-order valence-electron chi connectivity index (χ3n) is 3.47. The first kappa shape index (κ1) is 15.3. The van der Waals surface area contributed by atoms with Crippen LogP contribution >= 0.6 is 11.6 Å². The van der Waals surface area contributed by atoms with Gasteiger partial charge in [0.25, 0.3) is 0 Å². The molecule has 0 saturated carbocycles. The Hall–Kier alpha value is -1.10. The maximum Gasteiger partial charge on any atom is 0.222 e. The van der Waals surface area contributed by atoms with Crippen LogP contribution in [0.25, 0.3) is 0 Å². The monoisotopic (exact) mass is 296 g/mol. The number of nitrogens with zero attached hydrogens (tertiary/aromatic N) is 2. The summed E-state index contributed by atoms with van der Waals surface area (Å²) in [5.41, 5.74) is 1.12. The number of aliphatic hydroxyl groups excluding tert-OH is 1. The normalized spacial score (nSPS) is 17.0. The third-order valence-corrected chi connectivity index (χ3v) is 3.70. The van der Waals surface area contributed by atoms with Crippen molar-refractivity contribution in [1.29, 1.82) is 0 Å². The minimum Gasteiger partial charge on any atom is -0.390 e. The Labute approximate surface area is 124 Å². The Bertz CT molecular complexity index is 467. The second kappa shape index (κ2) is 7.07. The van der Waals surface area contributed by atoms with Gasteiger partial charge in [0.05, 0.1) is 6.10 Å². The molecule has 1 N–H and O–H groups in total. The minimum absolute atomic E-state index is 0.154. The van der Waals surface area contributed by atoms with Crippen LogP contribution in [0, 0.1) is 0 Å². The Kier molecular flexibility index (Phi) is 5.40. The first-order chi connectivity index (χ1) is 9.54. The van der Waals surface area contributed by atoms with Crippen molar-refractivity contribution >= 4 is 17.5 Å². The van der Waals surface area contributed by atoms with E-state index in [1.807, 2.05) is 36.2 Å². The number of hydrogen-bond donors (Lipinski definition) is 1. The molecule has 0 spiro atoms. The fourth-order valence-electron chi connectivity index (χ4n) is 2.58. The number of hydrogen-bond acceptors (Lipinski definition) is 3.